The number of fused-ring (bicyclic) bond motifs is 1. The van der Waals surface area contributed by atoms with E-state index in [1.54, 1.807) is 16.9 Å². The number of hydrogen-bond acceptors (Lipinski definition) is 5. The molecule has 0 radical (unpaired) electrons. The van der Waals surface area contributed by atoms with E-state index in [4.69, 9.17) is 0 Å². The molecule has 2 N–H and O–H groups in total. The number of para-hydroxylation sites is 1. The maximum absolute atomic E-state index is 13.5. The van der Waals surface area contributed by atoms with Crippen LogP contribution in [-0.2, 0) is 0 Å². The van der Waals surface area contributed by atoms with Crippen molar-refractivity contribution in [1.82, 2.24) is 20.1 Å². The maximum Gasteiger partial charge on any atom is 0.253 e. The lowest BCUT2D eigenvalue weighted by Gasteiger charge is -2.21. The number of thiazole rings is 1. The number of rotatable bonds is 6. The highest BCUT2D eigenvalue weighted by Gasteiger charge is 2.28. The number of halogens is 1. The SMILES string of the molecule is O=C(NCC1CCCC1Nc1nc2ccc(F)cc2s1)c1ccccc1-n1cccn1. The first-order valence-corrected chi connectivity index (χ1v) is 11.2. The lowest BCUT2D eigenvalue weighted by molar-refractivity contribution is 0.0946. The maximum atomic E-state index is 13.5. The van der Waals surface area contributed by atoms with Gasteiger partial charge in [0.15, 0.2) is 5.13 Å². The molecule has 8 heteroatoms. The van der Waals surface area contributed by atoms with Crippen LogP contribution < -0.4 is 10.6 Å². The third kappa shape index (κ3) is 4.16. The largest absolute Gasteiger partial charge is 0.358 e. The van der Waals surface area contributed by atoms with Gasteiger partial charge in [0.2, 0.25) is 0 Å². The number of carbonyl (C=O) groups excluding carboxylic acids is 1. The van der Waals surface area contributed by atoms with Crippen LogP contribution in [0, 0.1) is 11.7 Å². The average molecular weight is 436 g/mol. The lowest BCUT2D eigenvalue weighted by atomic mass is 10.0. The Bertz CT molecular complexity index is 1210. The number of anilines is 1. The molecule has 0 saturated heterocycles. The van der Waals surface area contributed by atoms with Crippen molar-refractivity contribution in [2.45, 2.75) is 25.3 Å². The lowest BCUT2D eigenvalue weighted by Crippen LogP contribution is -2.35. The summed E-state index contributed by atoms with van der Waals surface area (Å²) in [6, 6.07) is 14.2. The Kier molecular flexibility index (Phi) is 5.38. The van der Waals surface area contributed by atoms with Gasteiger partial charge >= 0.3 is 0 Å². The van der Waals surface area contributed by atoms with E-state index in [1.165, 1.54) is 23.5 Å². The number of aromatic nitrogens is 3. The van der Waals surface area contributed by atoms with Crippen LogP contribution in [0.25, 0.3) is 15.9 Å². The van der Waals surface area contributed by atoms with Crippen molar-refractivity contribution >= 4 is 32.6 Å². The van der Waals surface area contributed by atoms with Gasteiger partial charge in [-0.05, 0) is 55.2 Å². The van der Waals surface area contributed by atoms with E-state index in [0.717, 1.165) is 40.3 Å². The van der Waals surface area contributed by atoms with E-state index in [0.29, 0.717) is 18.0 Å². The predicted molar refractivity (Wildman–Crippen MR) is 120 cm³/mol. The molecule has 4 aromatic rings. The van der Waals surface area contributed by atoms with Gasteiger partial charge in [0, 0.05) is 25.0 Å². The van der Waals surface area contributed by atoms with Crippen molar-refractivity contribution in [3.8, 4) is 5.69 Å². The van der Waals surface area contributed by atoms with E-state index in [-0.39, 0.29) is 17.8 Å². The predicted octanol–water partition coefficient (Wildman–Crippen LogP) is 4.63. The highest BCUT2D eigenvalue weighted by molar-refractivity contribution is 7.22. The third-order valence-electron chi connectivity index (χ3n) is 5.74. The topological polar surface area (TPSA) is 71.8 Å². The summed E-state index contributed by atoms with van der Waals surface area (Å²) in [5.74, 6) is -0.0451. The van der Waals surface area contributed by atoms with Crippen molar-refractivity contribution in [2.75, 3.05) is 11.9 Å². The number of nitrogens with zero attached hydrogens (tertiary/aromatic N) is 3. The average Bonchev–Trinajstić information content (AvgIpc) is 3.53. The van der Waals surface area contributed by atoms with Gasteiger partial charge in [-0.3, -0.25) is 4.79 Å². The highest BCUT2D eigenvalue weighted by atomic mass is 32.1. The molecule has 2 unspecified atom stereocenters. The van der Waals surface area contributed by atoms with Crippen LogP contribution in [0.1, 0.15) is 29.6 Å². The third-order valence-corrected chi connectivity index (χ3v) is 6.69. The molecule has 158 valence electrons. The minimum absolute atomic E-state index is 0.104. The van der Waals surface area contributed by atoms with Crippen LogP contribution >= 0.6 is 11.3 Å². The van der Waals surface area contributed by atoms with E-state index >= 15 is 0 Å². The minimum Gasteiger partial charge on any atom is -0.358 e. The molecule has 31 heavy (non-hydrogen) atoms. The molecule has 1 saturated carbocycles. The summed E-state index contributed by atoms with van der Waals surface area (Å²) in [7, 11) is 0. The second kappa shape index (κ2) is 8.47. The molecule has 2 atom stereocenters. The summed E-state index contributed by atoms with van der Waals surface area (Å²) in [4.78, 5) is 17.5. The normalized spacial score (nSPS) is 18.4. The second-order valence-electron chi connectivity index (χ2n) is 7.75. The molecule has 1 aliphatic rings. The first-order chi connectivity index (χ1) is 15.2. The number of benzene rings is 2. The van der Waals surface area contributed by atoms with Gasteiger partial charge in [0.25, 0.3) is 5.91 Å². The first-order valence-electron chi connectivity index (χ1n) is 10.4. The highest BCUT2D eigenvalue weighted by Crippen LogP contribution is 2.32. The Morgan fingerprint density at radius 3 is 2.97 bits per heavy atom. The molecule has 5 rings (SSSR count). The summed E-state index contributed by atoms with van der Waals surface area (Å²) >= 11 is 1.46. The van der Waals surface area contributed by atoms with Crippen LogP contribution in [-0.4, -0.2) is 33.3 Å². The molecule has 1 fully saturated rings. The Balaban J connectivity index is 1.25. The van der Waals surface area contributed by atoms with Crippen LogP contribution in [0.3, 0.4) is 0 Å². The standard InChI is InChI=1S/C23H22FN5OS/c24-16-9-10-19-21(13-16)31-23(28-19)27-18-7-3-5-15(18)14-25-22(30)17-6-1-2-8-20(17)29-12-4-11-26-29/h1-2,4,6,8-13,15,18H,3,5,7,14H2,(H,25,30)(H,27,28). The smallest absolute Gasteiger partial charge is 0.253 e. The molecule has 2 heterocycles. The molecule has 0 aliphatic heterocycles. The van der Waals surface area contributed by atoms with E-state index in [1.807, 2.05) is 36.5 Å². The van der Waals surface area contributed by atoms with Crippen LogP contribution in [0.15, 0.2) is 60.9 Å². The van der Waals surface area contributed by atoms with Crippen molar-refractivity contribution in [1.29, 1.82) is 0 Å². The van der Waals surface area contributed by atoms with Crippen LogP contribution in [0.4, 0.5) is 9.52 Å². The van der Waals surface area contributed by atoms with Gasteiger partial charge < -0.3 is 10.6 Å². The molecule has 0 spiro atoms. The van der Waals surface area contributed by atoms with Crippen LogP contribution in [0.5, 0.6) is 0 Å². The Morgan fingerprint density at radius 2 is 2.10 bits per heavy atom. The molecular formula is C23H22FN5OS. The summed E-state index contributed by atoms with van der Waals surface area (Å²) in [5, 5.41) is 11.7. The fraction of sp³-hybridized carbons (Fsp3) is 0.261. The zero-order valence-electron chi connectivity index (χ0n) is 16.8. The number of carbonyl (C=O) groups is 1. The van der Waals surface area contributed by atoms with Gasteiger partial charge in [-0.1, -0.05) is 29.9 Å². The summed E-state index contributed by atoms with van der Waals surface area (Å²) in [5.41, 5.74) is 2.15. The molecular weight excluding hydrogens is 413 g/mol. The molecule has 2 aromatic heterocycles. The van der Waals surface area contributed by atoms with Gasteiger partial charge in [-0.25, -0.2) is 14.1 Å². The Morgan fingerprint density at radius 1 is 1.19 bits per heavy atom. The quantitative estimate of drug-likeness (QED) is 0.463. The molecule has 1 amide bonds. The Hall–Kier alpha value is -3.26. The Labute approximate surface area is 183 Å². The second-order valence-corrected chi connectivity index (χ2v) is 8.78. The van der Waals surface area contributed by atoms with E-state index in [2.05, 4.69) is 20.7 Å². The van der Waals surface area contributed by atoms with Gasteiger partial charge in [0.1, 0.15) is 5.82 Å². The van der Waals surface area contributed by atoms with Gasteiger partial charge in [0.05, 0.1) is 21.5 Å². The molecule has 2 aromatic carbocycles. The minimum atomic E-state index is -0.250. The first kappa shape index (κ1) is 19.7. The number of amides is 1. The molecule has 1 aliphatic carbocycles. The molecule has 6 nitrogen and oxygen atoms in total. The zero-order valence-corrected chi connectivity index (χ0v) is 17.6. The summed E-state index contributed by atoms with van der Waals surface area (Å²) < 4.78 is 16.0. The number of hydrogen-bond donors (Lipinski definition) is 2. The van der Waals surface area contributed by atoms with Crippen molar-refractivity contribution in [3.05, 3.63) is 72.3 Å². The van der Waals surface area contributed by atoms with Gasteiger partial charge in [-0.15, -0.1) is 0 Å². The number of nitrogens with one attached hydrogen (secondary N) is 2. The van der Waals surface area contributed by atoms with Crippen molar-refractivity contribution in [2.24, 2.45) is 5.92 Å². The zero-order chi connectivity index (χ0) is 21.2. The fourth-order valence-corrected chi connectivity index (χ4v) is 5.14. The summed E-state index contributed by atoms with van der Waals surface area (Å²) in [6.07, 6.45) is 6.68. The van der Waals surface area contributed by atoms with E-state index in [9.17, 15) is 9.18 Å². The monoisotopic (exact) mass is 435 g/mol. The van der Waals surface area contributed by atoms with Crippen LogP contribution in [0.2, 0.25) is 0 Å². The van der Waals surface area contributed by atoms with Crippen molar-refractivity contribution in [3.63, 3.8) is 0 Å². The molecule has 0 bridgehead atoms. The van der Waals surface area contributed by atoms with E-state index < -0.39 is 0 Å². The van der Waals surface area contributed by atoms with Crippen molar-refractivity contribution < 1.29 is 9.18 Å². The fourth-order valence-electron chi connectivity index (χ4n) is 4.19. The summed E-state index contributed by atoms with van der Waals surface area (Å²) in [6.45, 7) is 0.587. The van der Waals surface area contributed by atoms with Gasteiger partial charge in [-0.2, -0.15) is 5.10 Å².